The lowest BCUT2D eigenvalue weighted by molar-refractivity contribution is -0.144. The smallest absolute Gasteiger partial charge is 0.307 e. The molecule has 0 radical (unpaired) electrons. The number of benzene rings is 5. The Morgan fingerprint density at radius 2 is 1.16 bits per heavy atom. The Hall–Kier alpha value is -6.44. The number of hydrazone groups is 2. The summed E-state index contributed by atoms with van der Waals surface area (Å²) in [5, 5.41) is 11.3. The molecule has 5 aromatic carbocycles. The molecule has 0 aliphatic carbocycles. The van der Waals surface area contributed by atoms with E-state index in [1.54, 1.807) is 33.1 Å². The first-order valence-electron chi connectivity index (χ1n) is 21.1. The number of carbonyl (C=O) groups excluding carboxylic acids is 4. The molecule has 0 saturated heterocycles. The molecule has 2 atom stereocenters. The van der Waals surface area contributed by atoms with Gasteiger partial charge in [0.05, 0.1) is 39.7 Å². The Balaban J connectivity index is 0.000000365. The SMILES string of the molecule is CCOC(=O)C[C@@H](Cc1ccc(-c2cccc(Cl)c2)cc1)NC(=O)/C(N)=N/NN.CCOC(=O)C[C@H](N)Cc1ccc(-c2cccc(Cl)c2)cc1.COc1ccc(CN(N)/N=C(\N)C(=O)Cl)cc1.Cl. The number of nitrogens with one attached hydrogen (secondary N) is 2. The van der Waals surface area contributed by atoms with Gasteiger partial charge in [-0.1, -0.05) is 108 Å². The molecule has 12 N–H and O–H groups in total. The quantitative estimate of drug-likeness (QED) is 0.0118. The second-order valence-corrected chi connectivity index (χ2v) is 15.8. The number of amidine groups is 2. The van der Waals surface area contributed by atoms with Gasteiger partial charge >= 0.3 is 11.9 Å². The number of methoxy groups -OCH3 is 1. The van der Waals surface area contributed by atoms with Gasteiger partial charge in [-0.05, 0) is 114 Å². The van der Waals surface area contributed by atoms with Crippen LogP contribution in [-0.4, -0.2) is 72.3 Å². The van der Waals surface area contributed by atoms with Crippen molar-refractivity contribution in [2.45, 2.75) is 58.2 Å². The molecule has 0 unspecified atom stereocenters. The molecular weight excluding hydrogens is 970 g/mol. The van der Waals surface area contributed by atoms with Crippen molar-refractivity contribution in [3.05, 3.63) is 148 Å². The largest absolute Gasteiger partial charge is 0.497 e. The third kappa shape index (κ3) is 22.5. The van der Waals surface area contributed by atoms with E-state index in [4.69, 9.17) is 77.9 Å². The number of nitrogens with zero attached hydrogens (tertiary/aromatic N) is 3. The van der Waals surface area contributed by atoms with Crippen LogP contribution in [0.2, 0.25) is 10.0 Å². The number of nitrogens with two attached hydrogens (primary N) is 5. The van der Waals surface area contributed by atoms with Crippen molar-refractivity contribution in [2.75, 3.05) is 20.3 Å². The van der Waals surface area contributed by atoms with Crippen molar-refractivity contribution in [3.63, 3.8) is 0 Å². The minimum atomic E-state index is -0.838. The predicted octanol–water partition coefficient (Wildman–Crippen LogP) is 6.38. The monoisotopic (exact) mass is 1030 g/mol. The first-order valence-corrected chi connectivity index (χ1v) is 22.2. The number of amides is 1. The predicted molar refractivity (Wildman–Crippen MR) is 275 cm³/mol. The zero-order valence-electron chi connectivity index (χ0n) is 38.3. The highest BCUT2D eigenvalue weighted by atomic mass is 35.5. The van der Waals surface area contributed by atoms with Crippen molar-refractivity contribution < 1.29 is 33.4 Å². The molecule has 0 spiro atoms. The van der Waals surface area contributed by atoms with Crippen molar-refractivity contribution in [1.82, 2.24) is 16.0 Å². The van der Waals surface area contributed by atoms with Crippen LogP contribution in [-0.2, 0) is 48.0 Å². The molecular formula is C48H58Cl4N10O7. The number of hydrogen-bond acceptors (Lipinski definition) is 14. The molecule has 0 fully saturated rings. The van der Waals surface area contributed by atoms with Crippen LogP contribution in [0.25, 0.3) is 22.3 Å². The molecule has 0 aliphatic rings. The Morgan fingerprint density at radius 1 is 0.681 bits per heavy atom. The third-order valence-electron chi connectivity index (χ3n) is 9.35. The van der Waals surface area contributed by atoms with E-state index in [1.807, 2.05) is 115 Å². The molecule has 5 rings (SSSR count). The maximum absolute atomic E-state index is 12.1. The van der Waals surface area contributed by atoms with Gasteiger partial charge in [0.15, 0.2) is 0 Å². The summed E-state index contributed by atoms with van der Waals surface area (Å²) in [5.74, 6) is 9.35. The minimum Gasteiger partial charge on any atom is -0.497 e. The van der Waals surface area contributed by atoms with Crippen LogP contribution in [0.15, 0.2) is 132 Å². The van der Waals surface area contributed by atoms with Gasteiger partial charge in [-0.2, -0.15) is 0 Å². The number of esters is 2. The first kappa shape index (κ1) is 58.7. The molecule has 370 valence electrons. The van der Waals surface area contributed by atoms with Crippen molar-refractivity contribution in [3.8, 4) is 28.0 Å². The minimum absolute atomic E-state index is 0. The summed E-state index contributed by atoms with van der Waals surface area (Å²) in [6.45, 7) is 4.46. The van der Waals surface area contributed by atoms with Gasteiger partial charge in [0, 0.05) is 22.1 Å². The van der Waals surface area contributed by atoms with E-state index in [2.05, 4.69) is 15.5 Å². The Labute approximate surface area is 423 Å². The molecule has 69 heavy (non-hydrogen) atoms. The van der Waals surface area contributed by atoms with Gasteiger partial charge in [0.2, 0.25) is 11.7 Å². The highest BCUT2D eigenvalue weighted by Gasteiger charge is 2.20. The first-order chi connectivity index (χ1) is 32.5. The normalized spacial score (nSPS) is 11.7. The fraction of sp³-hybridized carbons (Fsp3) is 0.250. The molecule has 5 aromatic rings. The van der Waals surface area contributed by atoms with E-state index in [0.717, 1.165) is 54.8 Å². The van der Waals surface area contributed by atoms with E-state index in [9.17, 15) is 19.2 Å². The van der Waals surface area contributed by atoms with Crippen LogP contribution in [0.1, 0.15) is 43.4 Å². The Bertz CT molecular complexity index is 2450. The van der Waals surface area contributed by atoms with Crippen molar-refractivity contribution >= 4 is 82.0 Å². The maximum atomic E-state index is 12.1. The summed E-state index contributed by atoms with van der Waals surface area (Å²) in [4.78, 5) is 46.1. The maximum Gasteiger partial charge on any atom is 0.307 e. The average Bonchev–Trinajstić information content (AvgIpc) is 3.30. The lowest BCUT2D eigenvalue weighted by Crippen LogP contribution is -2.45. The topological polar surface area (TPSA) is 278 Å². The lowest BCUT2D eigenvalue weighted by Gasteiger charge is -2.18. The fourth-order valence-corrected chi connectivity index (χ4v) is 6.62. The highest BCUT2D eigenvalue weighted by molar-refractivity contribution is 6.81. The van der Waals surface area contributed by atoms with E-state index in [0.29, 0.717) is 31.0 Å². The van der Waals surface area contributed by atoms with E-state index in [-0.39, 0.29) is 55.5 Å². The van der Waals surface area contributed by atoms with Crippen LogP contribution >= 0.6 is 47.2 Å². The summed E-state index contributed by atoms with van der Waals surface area (Å²) in [6, 6.07) is 37.7. The van der Waals surface area contributed by atoms with Gasteiger partial charge in [0.25, 0.3) is 11.1 Å². The summed E-state index contributed by atoms with van der Waals surface area (Å²) in [6.07, 6.45) is 1.29. The van der Waals surface area contributed by atoms with Gasteiger partial charge in [-0.3, -0.25) is 19.2 Å². The summed E-state index contributed by atoms with van der Waals surface area (Å²) in [7, 11) is 1.58. The second kappa shape index (κ2) is 31.6. The second-order valence-electron chi connectivity index (χ2n) is 14.6. The molecule has 0 aromatic heterocycles. The van der Waals surface area contributed by atoms with Crippen LogP contribution in [0, 0.1) is 0 Å². The summed E-state index contributed by atoms with van der Waals surface area (Å²) in [5.41, 5.74) is 25.8. The summed E-state index contributed by atoms with van der Waals surface area (Å²) < 4.78 is 14.9. The van der Waals surface area contributed by atoms with E-state index in [1.165, 1.54) is 0 Å². The highest BCUT2D eigenvalue weighted by Crippen LogP contribution is 2.25. The number of carbonyl (C=O) groups is 4. The Morgan fingerprint density at radius 3 is 1.61 bits per heavy atom. The zero-order chi connectivity index (χ0) is 50.0. The molecule has 1 amide bonds. The number of hydrogen-bond donors (Lipinski definition) is 7. The van der Waals surface area contributed by atoms with Gasteiger partial charge in [-0.15, -0.1) is 22.6 Å². The summed E-state index contributed by atoms with van der Waals surface area (Å²) >= 11 is 17.2. The number of hydrazine groups is 2. The zero-order valence-corrected chi connectivity index (χ0v) is 41.4. The molecule has 17 nitrogen and oxygen atoms in total. The van der Waals surface area contributed by atoms with Gasteiger partial charge in [0.1, 0.15) is 5.75 Å². The average molecular weight is 1030 g/mol. The standard InChI is InChI=1S/C20H24ClN5O3.C18H20ClNO2.C10H13ClN4O2.ClH/c1-2-29-18(27)12-17(24-20(28)19(22)25-26-23)10-13-6-8-14(9-7-13)15-4-3-5-16(21)11-15;1-2-22-18(21)12-17(20)10-13-6-8-14(9-7-13)15-4-3-5-16(19)11-15;1-17-8-4-2-7(3-5-8)6-15(13)14-10(12)9(11)16;/h3-9,11,17,26H,2,10,12,23H2,1H3,(H2,22,25)(H,24,28);3-9,11,17H,2,10,12,20H2,1H3;2-5H,6,13H2,1H3,(H2,12,14);1H/t2*17-;;/m11../s1. The number of ether oxygens (including phenoxy) is 3. The molecule has 0 aliphatic heterocycles. The van der Waals surface area contributed by atoms with Crippen molar-refractivity contribution in [1.29, 1.82) is 0 Å². The van der Waals surface area contributed by atoms with Crippen LogP contribution in [0.5, 0.6) is 5.75 Å². The van der Waals surface area contributed by atoms with Crippen molar-refractivity contribution in [2.24, 2.45) is 39.1 Å². The van der Waals surface area contributed by atoms with E-state index < -0.39 is 23.2 Å². The number of halogens is 4. The van der Waals surface area contributed by atoms with Crippen LogP contribution in [0.4, 0.5) is 0 Å². The fourth-order valence-electron chi connectivity index (χ4n) is 6.20. The molecule has 0 saturated carbocycles. The molecule has 21 heteroatoms. The van der Waals surface area contributed by atoms with Gasteiger partial charge < -0.3 is 36.7 Å². The Kier molecular flexibility index (Phi) is 26.9. The van der Waals surface area contributed by atoms with Crippen LogP contribution < -0.4 is 44.5 Å². The molecule has 0 bridgehead atoms. The lowest BCUT2D eigenvalue weighted by atomic mass is 9.99. The third-order valence-corrected chi connectivity index (χ3v) is 10.0. The molecule has 0 heterocycles. The van der Waals surface area contributed by atoms with E-state index >= 15 is 0 Å². The van der Waals surface area contributed by atoms with Crippen LogP contribution in [0.3, 0.4) is 0 Å². The number of rotatable bonds is 19. The van der Waals surface area contributed by atoms with Gasteiger partial charge in [-0.25, -0.2) is 22.3 Å².